The summed E-state index contributed by atoms with van der Waals surface area (Å²) in [4.78, 5) is 0. The van der Waals surface area contributed by atoms with Crippen molar-refractivity contribution >= 4 is 0 Å². The van der Waals surface area contributed by atoms with Crippen LogP contribution in [0.3, 0.4) is 0 Å². The van der Waals surface area contributed by atoms with Crippen LogP contribution in [0.4, 0.5) is 0 Å². The number of allylic oxidation sites excluding steroid dienone is 2. The van der Waals surface area contributed by atoms with Crippen molar-refractivity contribution in [2.24, 2.45) is 58.2 Å². The van der Waals surface area contributed by atoms with E-state index in [0.717, 1.165) is 47.8 Å². The molecule has 4 fully saturated rings. The van der Waals surface area contributed by atoms with Gasteiger partial charge in [-0.15, -0.1) is 0 Å². The van der Waals surface area contributed by atoms with Crippen LogP contribution in [0.5, 0.6) is 0 Å². The van der Waals surface area contributed by atoms with Crippen LogP contribution < -0.4 is 0 Å². The smallest absolute Gasteiger partial charge is 0.0568 e. The Kier molecular flexibility index (Phi) is 6.04. The normalized spacial score (nSPS) is 51.0. The summed E-state index contributed by atoms with van der Waals surface area (Å²) in [5.41, 5.74) is 1.05. The highest BCUT2D eigenvalue weighted by Crippen LogP contribution is 2.68. The van der Waals surface area contributed by atoms with Gasteiger partial charge in [-0.3, -0.25) is 0 Å². The van der Waals surface area contributed by atoms with Gasteiger partial charge in [-0.05, 0) is 116 Å². The molecule has 0 aromatic carbocycles. The molecular formula is C28H48O. The molecule has 0 bridgehead atoms. The average Bonchev–Trinajstić information content (AvgIpc) is 3.02. The quantitative estimate of drug-likeness (QED) is 0.485. The molecule has 10 atom stereocenters. The molecular weight excluding hydrogens is 352 g/mol. The van der Waals surface area contributed by atoms with Gasteiger partial charge in [0.15, 0.2) is 0 Å². The largest absolute Gasteiger partial charge is 0.393 e. The zero-order valence-corrected chi connectivity index (χ0v) is 20.2. The fourth-order valence-corrected chi connectivity index (χ4v) is 9.31. The van der Waals surface area contributed by atoms with Gasteiger partial charge in [-0.2, -0.15) is 0 Å². The molecule has 1 nitrogen and oxygen atoms in total. The molecule has 4 aliphatic rings. The lowest BCUT2D eigenvalue weighted by Gasteiger charge is -2.62. The average molecular weight is 401 g/mol. The third-order valence-corrected chi connectivity index (χ3v) is 10.9. The van der Waals surface area contributed by atoms with Gasteiger partial charge in [-0.25, -0.2) is 0 Å². The van der Waals surface area contributed by atoms with Crippen LogP contribution >= 0.6 is 0 Å². The first-order valence-corrected chi connectivity index (χ1v) is 13.0. The molecule has 0 aromatic heterocycles. The van der Waals surface area contributed by atoms with Crippen LogP contribution in [0.2, 0.25) is 0 Å². The number of hydrogen-bond acceptors (Lipinski definition) is 1. The lowest BCUT2D eigenvalue weighted by atomic mass is 9.43. The monoisotopic (exact) mass is 400 g/mol. The van der Waals surface area contributed by atoms with Crippen molar-refractivity contribution in [3.63, 3.8) is 0 Å². The summed E-state index contributed by atoms with van der Waals surface area (Å²) in [6, 6.07) is 0. The fourth-order valence-electron chi connectivity index (χ4n) is 9.31. The van der Waals surface area contributed by atoms with Crippen molar-refractivity contribution < 1.29 is 5.11 Å². The predicted molar refractivity (Wildman–Crippen MR) is 124 cm³/mol. The van der Waals surface area contributed by atoms with E-state index in [1.165, 1.54) is 51.4 Å². The molecule has 0 aromatic rings. The van der Waals surface area contributed by atoms with Crippen molar-refractivity contribution in [3.8, 4) is 0 Å². The summed E-state index contributed by atoms with van der Waals surface area (Å²) in [6.45, 7) is 14.8. The Hall–Kier alpha value is -0.300. The molecule has 0 heterocycles. The molecule has 1 heteroatoms. The first-order valence-electron chi connectivity index (χ1n) is 13.0. The second-order valence-electron chi connectivity index (χ2n) is 12.7. The van der Waals surface area contributed by atoms with E-state index in [1.54, 1.807) is 0 Å². The SMILES string of the molecule is CC(C)C/C=C/[C@@H](C)[C@H]1CC[C@@H]2[C@H]3CC[C@H]4[C@H](C)[C@@H](O)CC[C@]4(C)[C@H]3CC[C@@]21C. The predicted octanol–water partition coefficient (Wildman–Crippen LogP) is 7.49. The summed E-state index contributed by atoms with van der Waals surface area (Å²) in [5, 5.41) is 10.5. The fraction of sp³-hybridized carbons (Fsp3) is 0.929. The summed E-state index contributed by atoms with van der Waals surface area (Å²) in [7, 11) is 0. The molecule has 0 unspecified atom stereocenters. The maximum atomic E-state index is 10.5. The van der Waals surface area contributed by atoms with E-state index in [4.69, 9.17) is 0 Å². The van der Waals surface area contributed by atoms with Gasteiger partial charge in [0.25, 0.3) is 0 Å². The van der Waals surface area contributed by atoms with Crippen LogP contribution in [0.1, 0.15) is 99.3 Å². The first kappa shape index (κ1) is 21.9. The number of hydrogen-bond donors (Lipinski definition) is 1. The van der Waals surface area contributed by atoms with Crippen LogP contribution in [-0.4, -0.2) is 11.2 Å². The molecule has 1 N–H and O–H groups in total. The minimum Gasteiger partial charge on any atom is -0.393 e. The number of aliphatic hydroxyl groups is 1. The lowest BCUT2D eigenvalue weighted by Crippen LogP contribution is -2.56. The molecule has 0 radical (unpaired) electrons. The molecule has 4 aliphatic carbocycles. The van der Waals surface area contributed by atoms with E-state index < -0.39 is 0 Å². The zero-order chi connectivity index (χ0) is 21.0. The summed E-state index contributed by atoms with van der Waals surface area (Å²) >= 11 is 0. The van der Waals surface area contributed by atoms with Crippen molar-refractivity contribution in [2.75, 3.05) is 0 Å². The Balaban J connectivity index is 1.51. The molecule has 0 amide bonds. The van der Waals surface area contributed by atoms with Gasteiger partial charge in [0.05, 0.1) is 6.10 Å². The Bertz CT molecular complexity index is 607. The van der Waals surface area contributed by atoms with E-state index in [0.29, 0.717) is 16.7 Å². The minimum atomic E-state index is -0.0483. The standard InChI is InChI=1S/C28H48O/c1-18(2)8-7-9-19(3)22-12-13-24-21-10-11-23-20(4)26(29)15-17-28(23,6)25(21)14-16-27(22,24)5/h7,9,18-26,29H,8,10-17H2,1-6H3/b9-7+/t19-,20+,21-,22-,23+,24-,25+,26+,27-,28+/m1/s1. The lowest BCUT2D eigenvalue weighted by molar-refractivity contribution is -0.148. The van der Waals surface area contributed by atoms with Crippen LogP contribution in [0.25, 0.3) is 0 Å². The summed E-state index contributed by atoms with van der Waals surface area (Å²) < 4.78 is 0. The molecule has 0 aliphatic heterocycles. The first-order chi connectivity index (χ1) is 13.7. The molecule has 29 heavy (non-hydrogen) atoms. The van der Waals surface area contributed by atoms with Gasteiger partial charge in [0.1, 0.15) is 0 Å². The molecule has 166 valence electrons. The molecule has 4 rings (SSSR count). The van der Waals surface area contributed by atoms with E-state index in [-0.39, 0.29) is 6.10 Å². The van der Waals surface area contributed by atoms with Crippen molar-refractivity contribution in [1.82, 2.24) is 0 Å². The molecule has 4 saturated carbocycles. The maximum Gasteiger partial charge on any atom is 0.0568 e. The van der Waals surface area contributed by atoms with Gasteiger partial charge in [-0.1, -0.05) is 53.7 Å². The second-order valence-corrected chi connectivity index (χ2v) is 12.7. The number of fused-ring (bicyclic) bond motifs is 5. The van der Waals surface area contributed by atoms with E-state index in [9.17, 15) is 5.11 Å². The highest BCUT2D eigenvalue weighted by atomic mass is 16.3. The van der Waals surface area contributed by atoms with Crippen LogP contribution in [0, 0.1) is 58.2 Å². The van der Waals surface area contributed by atoms with Crippen LogP contribution in [-0.2, 0) is 0 Å². The minimum absolute atomic E-state index is 0.0483. The third-order valence-electron chi connectivity index (χ3n) is 10.9. The van der Waals surface area contributed by atoms with Crippen LogP contribution in [0.15, 0.2) is 12.2 Å². The van der Waals surface area contributed by atoms with E-state index in [1.807, 2.05) is 0 Å². The van der Waals surface area contributed by atoms with Crippen molar-refractivity contribution in [2.45, 2.75) is 105 Å². The maximum absolute atomic E-state index is 10.5. The Morgan fingerprint density at radius 2 is 1.52 bits per heavy atom. The summed E-state index contributed by atoms with van der Waals surface area (Å²) in [6.07, 6.45) is 17.2. The topological polar surface area (TPSA) is 20.2 Å². The van der Waals surface area contributed by atoms with E-state index in [2.05, 4.69) is 53.7 Å². The summed E-state index contributed by atoms with van der Waals surface area (Å²) in [5.74, 6) is 6.47. The second kappa shape index (κ2) is 7.99. The molecule has 0 spiro atoms. The van der Waals surface area contributed by atoms with E-state index >= 15 is 0 Å². The highest BCUT2D eigenvalue weighted by Gasteiger charge is 2.61. The Morgan fingerprint density at radius 3 is 2.24 bits per heavy atom. The van der Waals surface area contributed by atoms with Gasteiger partial charge in [0.2, 0.25) is 0 Å². The Morgan fingerprint density at radius 1 is 0.862 bits per heavy atom. The number of aliphatic hydroxyl groups excluding tert-OH is 1. The van der Waals surface area contributed by atoms with Crippen molar-refractivity contribution in [3.05, 3.63) is 12.2 Å². The highest BCUT2D eigenvalue weighted by molar-refractivity contribution is 5.11. The van der Waals surface area contributed by atoms with Gasteiger partial charge in [0, 0.05) is 0 Å². The third kappa shape index (κ3) is 3.56. The molecule has 0 saturated heterocycles. The van der Waals surface area contributed by atoms with Gasteiger partial charge < -0.3 is 5.11 Å². The number of rotatable bonds is 4. The zero-order valence-electron chi connectivity index (χ0n) is 20.2. The Labute approximate surface area is 181 Å². The van der Waals surface area contributed by atoms with Crippen molar-refractivity contribution in [1.29, 1.82) is 0 Å². The van der Waals surface area contributed by atoms with Gasteiger partial charge >= 0.3 is 0 Å².